The maximum Gasteiger partial charge on any atom is 0.356 e. The second-order valence-electron chi connectivity index (χ2n) is 2.06. The SMILES string of the molecule is CCSC(=O)c1scnc1C(=O)O. The maximum atomic E-state index is 11.3. The lowest BCUT2D eigenvalue weighted by atomic mass is 10.4. The number of aromatic carboxylic acids is 1. The van der Waals surface area contributed by atoms with Crippen LogP contribution in [-0.2, 0) is 0 Å². The van der Waals surface area contributed by atoms with Gasteiger partial charge in [0.1, 0.15) is 4.88 Å². The van der Waals surface area contributed by atoms with E-state index in [1.165, 1.54) is 5.51 Å². The summed E-state index contributed by atoms with van der Waals surface area (Å²) in [5.41, 5.74) is 1.23. The molecule has 0 saturated heterocycles. The summed E-state index contributed by atoms with van der Waals surface area (Å²) in [6, 6.07) is 0. The van der Waals surface area contributed by atoms with Gasteiger partial charge in [0.25, 0.3) is 0 Å². The number of hydrogen-bond acceptors (Lipinski definition) is 5. The van der Waals surface area contributed by atoms with Gasteiger partial charge in [0, 0.05) is 0 Å². The van der Waals surface area contributed by atoms with Crippen LogP contribution in [0.5, 0.6) is 0 Å². The van der Waals surface area contributed by atoms with Crippen molar-refractivity contribution in [2.24, 2.45) is 0 Å². The molecule has 1 rings (SSSR count). The predicted molar refractivity (Wildman–Crippen MR) is 51.5 cm³/mol. The number of carbonyl (C=O) groups excluding carboxylic acids is 1. The third kappa shape index (κ3) is 2.28. The van der Waals surface area contributed by atoms with Crippen molar-refractivity contribution in [2.75, 3.05) is 5.75 Å². The maximum absolute atomic E-state index is 11.3. The Morgan fingerprint density at radius 1 is 1.69 bits per heavy atom. The summed E-state index contributed by atoms with van der Waals surface area (Å²) in [5.74, 6) is -0.517. The van der Waals surface area contributed by atoms with Crippen molar-refractivity contribution in [2.45, 2.75) is 6.92 Å². The van der Waals surface area contributed by atoms with E-state index in [9.17, 15) is 9.59 Å². The van der Waals surface area contributed by atoms with Crippen LogP contribution in [-0.4, -0.2) is 26.9 Å². The van der Waals surface area contributed by atoms with Crippen LogP contribution in [0, 0.1) is 0 Å². The second-order valence-corrected chi connectivity index (χ2v) is 4.15. The van der Waals surface area contributed by atoms with E-state index in [1.54, 1.807) is 0 Å². The van der Waals surface area contributed by atoms with Gasteiger partial charge in [-0.3, -0.25) is 4.79 Å². The van der Waals surface area contributed by atoms with E-state index in [0.29, 0.717) is 5.75 Å². The zero-order valence-corrected chi connectivity index (χ0v) is 8.44. The molecule has 0 fully saturated rings. The average Bonchev–Trinajstić information content (AvgIpc) is 2.52. The van der Waals surface area contributed by atoms with Crippen molar-refractivity contribution < 1.29 is 14.7 Å². The lowest BCUT2D eigenvalue weighted by Crippen LogP contribution is -2.03. The molecular formula is C7H7NO3S2. The summed E-state index contributed by atoms with van der Waals surface area (Å²) >= 11 is 2.15. The fraction of sp³-hybridized carbons (Fsp3) is 0.286. The molecule has 0 amide bonds. The first-order chi connectivity index (χ1) is 6.16. The van der Waals surface area contributed by atoms with Crippen molar-refractivity contribution in [3.05, 3.63) is 16.1 Å². The van der Waals surface area contributed by atoms with Crippen molar-refractivity contribution in [1.29, 1.82) is 0 Å². The van der Waals surface area contributed by atoms with Crippen molar-refractivity contribution in [3.63, 3.8) is 0 Å². The summed E-state index contributed by atoms with van der Waals surface area (Å²) in [5, 5.41) is 8.43. The minimum absolute atomic E-state index is 0.143. The van der Waals surface area contributed by atoms with Gasteiger partial charge in [-0.2, -0.15) is 0 Å². The number of nitrogens with zero attached hydrogens (tertiary/aromatic N) is 1. The molecule has 0 spiro atoms. The Morgan fingerprint density at radius 2 is 2.38 bits per heavy atom. The van der Waals surface area contributed by atoms with Crippen molar-refractivity contribution in [1.82, 2.24) is 4.98 Å². The highest BCUT2D eigenvalue weighted by atomic mass is 32.2. The molecule has 0 radical (unpaired) electrons. The smallest absolute Gasteiger partial charge is 0.356 e. The first-order valence-electron chi connectivity index (χ1n) is 3.50. The van der Waals surface area contributed by atoms with Crippen LogP contribution in [0.3, 0.4) is 0 Å². The van der Waals surface area contributed by atoms with Gasteiger partial charge in [-0.05, 0) is 5.75 Å². The molecule has 1 aromatic rings. The van der Waals surface area contributed by atoms with E-state index in [0.717, 1.165) is 23.1 Å². The van der Waals surface area contributed by atoms with E-state index >= 15 is 0 Å². The van der Waals surface area contributed by atoms with Crippen LogP contribution in [0.4, 0.5) is 0 Å². The Bertz CT molecular complexity index is 334. The number of carbonyl (C=O) groups is 2. The quantitative estimate of drug-likeness (QED) is 0.835. The summed E-state index contributed by atoms with van der Waals surface area (Å²) in [6.07, 6.45) is 0. The Labute approximate surface area is 83.0 Å². The topological polar surface area (TPSA) is 67.3 Å². The number of hydrogen-bond donors (Lipinski definition) is 1. The number of thioether (sulfide) groups is 1. The Balaban J connectivity index is 2.93. The molecule has 0 aliphatic carbocycles. The van der Waals surface area contributed by atoms with Crippen LogP contribution in [0.1, 0.15) is 27.1 Å². The van der Waals surface area contributed by atoms with Gasteiger partial charge in [0.2, 0.25) is 5.12 Å². The third-order valence-electron chi connectivity index (χ3n) is 1.23. The van der Waals surface area contributed by atoms with Crippen LogP contribution in [0.15, 0.2) is 5.51 Å². The minimum Gasteiger partial charge on any atom is -0.476 e. The molecule has 1 heterocycles. The fourth-order valence-corrected chi connectivity index (χ4v) is 2.16. The van der Waals surface area contributed by atoms with Gasteiger partial charge in [-0.15, -0.1) is 11.3 Å². The Kier molecular flexibility index (Phi) is 3.44. The van der Waals surface area contributed by atoms with Gasteiger partial charge in [-0.25, -0.2) is 9.78 Å². The molecule has 0 aromatic carbocycles. The van der Waals surface area contributed by atoms with E-state index < -0.39 is 5.97 Å². The molecule has 13 heavy (non-hydrogen) atoms. The summed E-state index contributed by atoms with van der Waals surface area (Å²) in [4.78, 5) is 25.7. The van der Waals surface area contributed by atoms with E-state index in [2.05, 4.69) is 4.98 Å². The zero-order valence-electron chi connectivity index (χ0n) is 6.81. The molecule has 1 N–H and O–H groups in total. The molecule has 70 valence electrons. The molecule has 0 atom stereocenters. The van der Waals surface area contributed by atoms with Crippen LogP contribution in [0.25, 0.3) is 0 Å². The molecule has 0 aliphatic heterocycles. The molecule has 0 saturated carbocycles. The number of carboxylic acids is 1. The molecule has 4 nitrogen and oxygen atoms in total. The standard InChI is InChI=1S/C7H7NO3S2/c1-2-12-7(11)5-4(6(9)10)8-3-13-5/h3H,2H2,1H3,(H,9,10). The zero-order chi connectivity index (χ0) is 9.84. The first-order valence-corrected chi connectivity index (χ1v) is 5.37. The number of rotatable bonds is 3. The summed E-state index contributed by atoms with van der Waals surface area (Å²) in [6.45, 7) is 1.84. The monoisotopic (exact) mass is 217 g/mol. The van der Waals surface area contributed by atoms with Gasteiger partial charge in [0.15, 0.2) is 5.69 Å². The fourth-order valence-electron chi connectivity index (χ4n) is 0.740. The normalized spacial score (nSPS) is 9.92. The highest BCUT2D eigenvalue weighted by Crippen LogP contribution is 2.20. The molecule has 0 aliphatic rings. The molecule has 0 bridgehead atoms. The highest BCUT2D eigenvalue weighted by molar-refractivity contribution is 8.14. The molecular weight excluding hydrogens is 210 g/mol. The predicted octanol–water partition coefficient (Wildman–Crippen LogP) is 1.73. The number of aromatic nitrogens is 1. The molecule has 6 heteroatoms. The van der Waals surface area contributed by atoms with E-state index in [-0.39, 0.29) is 15.7 Å². The Morgan fingerprint density at radius 3 is 2.92 bits per heavy atom. The second kappa shape index (κ2) is 4.38. The Hall–Kier alpha value is -0.880. The summed E-state index contributed by atoms with van der Waals surface area (Å²) in [7, 11) is 0. The minimum atomic E-state index is -1.15. The lowest BCUT2D eigenvalue weighted by Gasteiger charge is -1.94. The third-order valence-corrected chi connectivity index (χ3v) is 2.94. The summed E-state index contributed by atoms with van der Waals surface area (Å²) < 4.78 is 0. The van der Waals surface area contributed by atoms with Crippen LogP contribution < -0.4 is 0 Å². The van der Waals surface area contributed by atoms with E-state index in [1.807, 2.05) is 6.92 Å². The average molecular weight is 217 g/mol. The van der Waals surface area contributed by atoms with Crippen LogP contribution >= 0.6 is 23.1 Å². The van der Waals surface area contributed by atoms with Gasteiger partial charge >= 0.3 is 5.97 Å². The van der Waals surface area contributed by atoms with Gasteiger partial charge < -0.3 is 5.11 Å². The van der Waals surface area contributed by atoms with Gasteiger partial charge in [-0.1, -0.05) is 18.7 Å². The van der Waals surface area contributed by atoms with Crippen molar-refractivity contribution in [3.8, 4) is 0 Å². The van der Waals surface area contributed by atoms with Crippen molar-refractivity contribution >= 4 is 34.2 Å². The number of thiazole rings is 1. The van der Waals surface area contributed by atoms with E-state index in [4.69, 9.17) is 5.11 Å². The lowest BCUT2D eigenvalue weighted by molar-refractivity contribution is 0.0688. The largest absolute Gasteiger partial charge is 0.476 e. The highest BCUT2D eigenvalue weighted by Gasteiger charge is 2.19. The van der Waals surface area contributed by atoms with Crippen LogP contribution in [0.2, 0.25) is 0 Å². The number of carboxylic acid groups (broad SMARTS) is 1. The molecule has 0 unspecified atom stereocenters. The van der Waals surface area contributed by atoms with Gasteiger partial charge in [0.05, 0.1) is 5.51 Å². The first kappa shape index (κ1) is 10.2. The molecule has 1 aromatic heterocycles.